The number of amides is 2. The summed E-state index contributed by atoms with van der Waals surface area (Å²) in [4.78, 5) is 40.4. The van der Waals surface area contributed by atoms with E-state index in [4.69, 9.17) is 18.9 Å². The van der Waals surface area contributed by atoms with Crippen LogP contribution in [0, 0.1) is 0 Å². The van der Waals surface area contributed by atoms with Crippen LogP contribution in [-0.4, -0.2) is 93.2 Å². The molecule has 0 aliphatic carbocycles. The standard InChI is InChI=1S/C23H32N2O7/c1-17(26)24-8-6-23(7-9-24)15-20(27)19-5-4-18(14-21(19)32-23)31-16-22(28)25(10-12-29-2)11-13-30-3/h4-5,14H,6-13,15-16H2,1-3H3. The lowest BCUT2D eigenvalue weighted by atomic mass is 9.82. The molecule has 1 fully saturated rings. The maximum atomic E-state index is 12.8. The number of piperidine rings is 1. The second kappa shape index (κ2) is 10.8. The van der Waals surface area contributed by atoms with E-state index in [-0.39, 0.29) is 24.2 Å². The first-order valence-electron chi connectivity index (χ1n) is 10.9. The summed E-state index contributed by atoms with van der Waals surface area (Å²) in [6.07, 6.45) is 1.52. The molecule has 3 rings (SSSR count). The van der Waals surface area contributed by atoms with Gasteiger partial charge in [0.05, 0.1) is 25.2 Å². The summed E-state index contributed by atoms with van der Waals surface area (Å²) in [5, 5.41) is 0. The molecule has 2 heterocycles. The number of ether oxygens (including phenoxy) is 4. The van der Waals surface area contributed by atoms with E-state index in [9.17, 15) is 14.4 Å². The molecule has 1 aromatic rings. The normalized spacial score (nSPS) is 17.0. The number of hydrogen-bond acceptors (Lipinski definition) is 7. The zero-order valence-corrected chi connectivity index (χ0v) is 19.1. The van der Waals surface area contributed by atoms with E-state index in [2.05, 4.69) is 0 Å². The van der Waals surface area contributed by atoms with Gasteiger partial charge in [0, 0.05) is 66.2 Å². The van der Waals surface area contributed by atoms with Gasteiger partial charge in [-0.3, -0.25) is 14.4 Å². The van der Waals surface area contributed by atoms with E-state index in [0.29, 0.717) is 75.7 Å². The van der Waals surface area contributed by atoms with Gasteiger partial charge in [-0.1, -0.05) is 0 Å². The summed E-state index contributed by atoms with van der Waals surface area (Å²) in [7, 11) is 3.17. The Balaban J connectivity index is 1.64. The molecule has 2 aliphatic heterocycles. The molecule has 1 spiro atoms. The van der Waals surface area contributed by atoms with Crippen molar-refractivity contribution in [2.45, 2.75) is 31.8 Å². The number of methoxy groups -OCH3 is 2. The van der Waals surface area contributed by atoms with Crippen molar-refractivity contribution >= 4 is 17.6 Å². The molecule has 0 saturated carbocycles. The van der Waals surface area contributed by atoms with E-state index >= 15 is 0 Å². The Morgan fingerprint density at radius 1 is 1.12 bits per heavy atom. The van der Waals surface area contributed by atoms with Crippen molar-refractivity contribution in [1.82, 2.24) is 9.80 Å². The minimum absolute atomic E-state index is 0.0236. The van der Waals surface area contributed by atoms with Crippen LogP contribution in [0.25, 0.3) is 0 Å². The molecular formula is C23H32N2O7. The van der Waals surface area contributed by atoms with E-state index in [1.807, 2.05) is 0 Å². The lowest BCUT2D eigenvalue weighted by molar-refractivity contribution is -0.135. The third-order valence-electron chi connectivity index (χ3n) is 6.03. The number of nitrogens with zero attached hydrogens (tertiary/aromatic N) is 2. The van der Waals surface area contributed by atoms with Crippen molar-refractivity contribution in [3.8, 4) is 11.5 Å². The minimum Gasteiger partial charge on any atom is -0.486 e. The van der Waals surface area contributed by atoms with Crippen LogP contribution in [0.1, 0.15) is 36.5 Å². The van der Waals surface area contributed by atoms with E-state index in [1.165, 1.54) is 0 Å². The Labute approximate surface area is 188 Å². The molecule has 0 aromatic heterocycles. The van der Waals surface area contributed by atoms with Gasteiger partial charge >= 0.3 is 0 Å². The van der Waals surface area contributed by atoms with Crippen LogP contribution in [0.15, 0.2) is 18.2 Å². The van der Waals surface area contributed by atoms with Gasteiger partial charge in [-0.15, -0.1) is 0 Å². The fourth-order valence-electron chi connectivity index (χ4n) is 4.07. The highest BCUT2D eigenvalue weighted by atomic mass is 16.5. The molecule has 1 saturated heterocycles. The lowest BCUT2D eigenvalue weighted by Gasteiger charge is -2.43. The first kappa shape index (κ1) is 24.0. The minimum atomic E-state index is -0.596. The van der Waals surface area contributed by atoms with Crippen LogP contribution in [0.4, 0.5) is 0 Å². The summed E-state index contributed by atoms with van der Waals surface area (Å²) in [5.74, 6) is 0.810. The van der Waals surface area contributed by atoms with Gasteiger partial charge in [0.1, 0.15) is 17.1 Å². The molecule has 32 heavy (non-hydrogen) atoms. The van der Waals surface area contributed by atoms with Crippen LogP contribution in [0.5, 0.6) is 11.5 Å². The van der Waals surface area contributed by atoms with Gasteiger partial charge < -0.3 is 28.7 Å². The van der Waals surface area contributed by atoms with Crippen LogP contribution in [-0.2, 0) is 19.1 Å². The third kappa shape index (κ3) is 5.77. The SMILES string of the molecule is COCCN(CCOC)C(=O)COc1ccc2c(c1)OC1(CCN(C(C)=O)CC1)CC2=O. The first-order chi connectivity index (χ1) is 15.4. The maximum Gasteiger partial charge on any atom is 0.260 e. The van der Waals surface area contributed by atoms with Gasteiger partial charge in [0.25, 0.3) is 5.91 Å². The molecule has 1 aromatic carbocycles. The van der Waals surface area contributed by atoms with Gasteiger partial charge in [-0.2, -0.15) is 0 Å². The van der Waals surface area contributed by atoms with Crippen molar-refractivity contribution in [2.24, 2.45) is 0 Å². The van der Waals surface area contributed by atoms with Gasteiger partial charge in [0.2, 0.25) is 5.91 Å². The highest BCUT2D eigenvalue weighted by molar-refractivity contribution is 6.00. The third-order valence-corrected chi connectivity index (χ3v) is 6.03. The summed E-state index contributed by atoms with van der Waals surface area (Å²) in [5.41, 5.74) is -0.0770. The lowest BCUT2D eigenvalue weighted by Crippen LogP contribution is -2.51. The molecule has 0 radical (unpaired) electrons. The van der Waals surface area contributed by atoms with Gasteiger partial charge in [-0.25, -0.2) is 0 Å². The topological polar surface area (TPSA) is 94.6 Å². The number of rotatable bonds is 9. The molecule has 0 atom stereocenters. The van der Waals surface area contributed by atoms with Crippen LogP contribution in [0.3, 0.4) is 0 Å². The van der Waals surface area contributed by atoms with Crippen molar-refractivity contribution < 1.29 is 33.3 Å². The second-order valence-corrected chi connectivity index (χ2v) is 8.20. The Hall–Kier alpha value is -2.65. The number of Topliss-reactive ketones (excluding diaryl/α,β-unsaturated/α-hetero) is 1. The monoisotopic (exact) mass is 448 g/mol. The zero-order chi connectivity index (χ0) is 23.1. The highest BCUT2D eigenvalue weighted by Crippen LogP contribution is 2.40. The summed E-state index contributed by atoms with van der Waals surface area (Å²) >= 11 is 0. The maximum absolute atomic E-state index is 12.8. The number of likely N-dealkylation sites (tertiary alicyclic amines) is 1. The first-order valence-corrected chi connectivity index (χ1v) is 10.9. The predicted octanol–water partition coefficient (Wildman–Crippen LogP) is 1.53. The summed E-state index contributed by atoms with van der Waals surface area (Å²) in [6.45, 7) is 4.30. The molecule has 0 bridgehead atoms. The van der Waals surface area contributed by atoms with Crippen LogP contribution in [0.2, 0.25) is 0 Å². The van der Waals surface area contributed by atoms with E-state index < -0.39 is 5.60 Å². The number of hydrogen-bond donors (Lipinski definition) is 0. The number of benzene rings is 1. The number of carbonyl (C=O) groups excluding carboxylic acids is 3. The smallest absolute Gasteiger partial charge is 0.260 e. The van der Waals surface area contributed by atoms with Crippen molar-refractivity contribution in [2.75, 3.05) is 60.2 Å². The van der Waals surface area contributed by atoms with Crippen molar-refractivity contribution in [3.05, 3.63) is 23.8 Å². The summed E-state index contributed by atoms with van der Waals surface area (Å²) in [6, 6.07) is 5.04. The predicted molar refractivity (Wildman–Crippen MR) is 116 cm³/mol. The molecule has 0 unspecified atom stereocenters. The summed E-state index contributed by atoms with van der Waals surface area (Å²) < 4.78 is 22.1. The molecule has 9 heteroatoms. The highest BCUT2D eigenvalue weighted by Gasteiger charge is 2.43. The average molecular weight is 449 g/mol. The van der Waals surface area contributed by atoms with Crippen LogP contribution < -0.4 is 9.47 Å². The van der Waals surface area contributed by atoms with Gasteiger partial charge in [-0.05, 0) is 12.1 Å². The largest absolute Gasteiger partial charge is 0.486 e. The Kier molecular flexibility index (Phi) is 8.09. The quantitative estimate of drug-likeness (QED) is 0.565. The van der Waals surface area contributed by atoms with E-state index in [1.54, 1.807) is 49.1 Å². The number of carbonyl (C=O) groups is 3. The van der Waals surface area contributed by atoms with E-state index in [0.717, 1.165) is 0 Å². The Morgan fingerprint density at radius 2 is 1.78 bits per heavy atom. The Bertz CT molecular complexity index is 826. The number of fused-ring (bicyclic) bond motifs is 1. The second-order valence-electron chi connectivity index (χ2n) is 8.20. The van der Waals surface area contributed by atoms with Crippen molar-refractivity contribution in [3.63, 3.8) is 0 Å². The fraction of sp³-hybridized carbons (Fsp3) is 0.609. The van der Waals surface area contributed by atoms with Crippen LogP contribution >= 0.6 is 0 Å². The fourth-order valence-corrected chi connectivity index (χ4v) is 4.07. The van der Waals surface area contributed by atoms with Gasteiger partial charge in [0.15, 0.2) is 12.4 Å². The molecule has 2 amide bonds. The number of ketones is 1. The molecule has 176 valence electrons. The average Bonchev–Trinajstić information content (AvgIpc) is 2.77. The molecule has 0 N–H and O–H groups in total. The molecular weight excluding hydrogens is 416 g/mol. The molecule has 2 aliphatic rings. The van der Waals surface area contributed by atoms with Crippen molar-refractivity contribution in [1.29, 1.82) is 0 Å². The molecule has 9 nitrogen and oxygen atoms in total. The zero-order valence-electron chi connectivity index (χ0n) is 19.1. The Morgan fingerprint density at radius 3 is 2.38 bits per heavy atom.